The standard InChI is InChI=1S/C16H31ClO2/c1-3-4-5-7-11-16(12-9-14-19-16)18-13-8-6-10-15(2)17/h15H,3-14H2,1-2H3. The van der Waals surface area contributed by atoms with Gasteiger partial charge in [0.1, 0.15) is 0 Å². The Morgan fingerprint density at radius 1 is 1.21 bits per heavy atom. The van der Waals surface area contributed by atoms with Crippen molar-refractivity contribution in [1.82, 2.24) is 0 Å². The maximum Gasteiger partial charge on any atom is 0.168 e. The molecule has 3 heteroatoms. The van der Waals surface area contributed by atoms with Crippen molar-refractivity contribution >= 4 is 11.6 Å². The van der Waals surface area contributed by atoms with Crippen molar-refractivity contribution in [2.45, 2.75) is 89.2 Å². The monoisotopic (exact) mass is 290 g/mol. The average Bonchev–Trinajstić information content (AvgIpc) is 2.83. The molecule has 1 fully saturated rings. The van der Waals surface area contributed by atoms with E-state index in [1.165, 1.54) is 25.7 Å². The maximum atomic E-state index is 6.09. The summed E-state index contributed by atoms with van der Waals surface area (Å²) in [4.78, 5) is 0. The molecular formula is C16H31ClO2. The van der Waals surface area contributed by atoms with Gasteiger partial charge in [0.05, 0.1) is 13.2 Å². The summed E-state index contributed by atoms with van der Waals surface area (Å²) in [5.74, 6) is -0.250. The van der Waals surface area contributed by atoms with E-state index in [-0.39, 0.29) is 11.2 Å². The molecule has 2 atom stereocenters. The van der Waals surface area contributed by atoms with Gasteiger partial charge in [0.25, 0.3) is 0 Å². The van der Waals surface area contributed by atoms with Gasteiger partial charge in [-0.05, 0) is 39.0 Å². The van der Waals surface area contributed by atoms with Crippen LogP contribution in [0.4, 0.5) is 0 Å². The highest BCUT2D eigenvalue weighted by molar-refractivity contribution is 6.20. The van der Waals surface area contributed by atoms with Gasteiger partial charge in [-0.2, -0.15) is 0 Å². The Morgan fingerprint density at radius 3 is 2.68 bits per heavy atom. The van der Waals surface area contributed by atoms with Crippen LogP contribution in [0.1, 0.15) is 78.1 Å². The Kier molecular flexibility index (Phi) is 9.10. The molecule has 1 heterocycles. The van der Waals surface area contributed by atoms with Crippen LogP contribution in [0.15, 0.2) is 0 Å². The van der Waals surface area contributed by atoms with Crippen molar-refractivity contribution in [2.24, 2.45) is 0 Å². The zero-order valence-corrected chi connectivity index (χ0v) is 13.5. The molecule has 19 heavy (non-hydrogen) atoms. The van der Waals surface area contributed by atoms with Gasteiger partial charge in [0, 0.05) is 18.2 Å². The number of hydrogen-bond donors (Lipinski definition) is 0. The molecule has 0 bridgehead atoms. The summed E-state index contributed by atoms with van der Waals surface area (Å²) < 4.78 is 12.0. The molecule has 0 aliphatic carbocycles. The van der Waals surface area contributed by atoms with Crippen molar-refractivity contribution in [3.05, 3.63) is 0 Å². The van der Waals surface area contributed by atoms with E-state index >= 15 is 0 Å². The number of hydrogen-bond acceptors (Lipinski definition) is 2. The largest absolute Gasteiger partial charge is 0.350 e. The van der Waals surface area contributed by atoms with E-state index in [1.54, 1.807) is 0 Å². The molecule has 1 saturated heterocycles. The van der Waals surface area contributed by atoms with Crippen LogP contribution < -0.4 is 0 Å². The quantitative estimate of drug-likeness (QED) is 0.381. The van der Waals surface area contributed by atoms with Crippen LogP contribution in [0.3, 0.4) is 0 Å². The Bertz CT molecular complexity index is 213. The molecule has 0 aromatic rings. The van der Waals surface area contributed by atoms with E-state index in [9.17, 15) is 0 Å². The molecule has 1 rings (SSSR count). The minimum absolute atomic E-state index is 0.250. The molecule has 114 valence electrons. The molecule has 1 aliphatic rings. The lowest BCUT2D eigenvalue weighted by Crippen LogP contribution is -2.32. The number of alkyl halides is 1. The molecule has 0 aromatic carbocycles. The summed E-state index contributed by atoms with van der Waals surface area (Å²) in [5.41, 5.74) is 0. The normalized spacial score (nSPS) is 24.8. The van der Waals surface area contributed by atoms with Crippen LogP contribution in [0.5, 0.6) is 0 Å². The highest BCUT2D eigenvalue weighted by Crippen LogP contribution is 2.32. The molecule has 1 aliphatic heterocycles. The first kappa shape index (κ1) is 17.3. The summed E-state index contributed by atoms with van der Waals surface area (Å²) >= 11 is 5.94. The SMILES string of the molecule is CCCCCCC1(OCCCCC(C)Cl)CCCO1. The molecule has 0 radical (unpaired) electrons. The van der Waals surface area contributed by atoms with E-state index in [0.717, 1.165) is 51.7 Å². The van der Waals surface area contributed by atoms with Crippen molar-refractivity contribution in [3.63, 3.8) is 0 Å². The predicted molar refractivity (Wildman–Crippen MR) is 81.8 cm³/mol. The lowest BCUT2D eigenvalue weighted by Gasteiger charge is -2.28. The molecule has 0 N–H and O–H groups in total. The van der Waals surface area contributed by atoms with Crippen LogP contribution in [0.25, 0.3) is 0 Å². The first-order valence-corrected chi connectivity index (χ1v) is 8.54. The van der Waals surface area contributed by atoms with Crippen molar-refractivity contribution in [1.29, 1.82) is 0 Å². The van der Waals surface area contributed by atoms with Gasteiger partial charge in [-0.1, -0.05) is 26.2 Å². The van der Waals surface area contributed by atoms with Gasteiger partial charge in [-0.25, -0.2) is 0 Å². The fraction of sp³-hybridized carbons (Fsp3) is 1.00. The number of halogens is 1. The summed E-state index contributed by atoms with van der Waals surface area (Å²) in [5, 5.41) is 0.283. The number of unbranched alkanes of at least 4 members (excludes halogenated alkanes) is 4. The van der Waals surface area contributed by atoms with Crippen molar-refractivity contribution < 1.29 is 9.47 Å². The molecular weight excluding hydrogens is 260 g/mol. The van der Waals surface area contributed by atoms with E-state index in [2.05, 4.69) is 13.8 Å². The van der Waals surface area contributed by atoms with Crippen LogP contribution in [-0.2, 0) is 9.47 Å². The van der Waals surface area contributed by atoms with Gasteiger partial charge in [0.15, 0.2) is 5.79 Å². The fourth-order valence-electron chi connectivity index (χ4n) is 2.66. The first-order valence-electron chi connectivity index (χ1n) is 8.10. The second kappa shape index (κ2) is 10.0. The summed E-state index contributed by atoms with van der Waals surface area (Å²) in [6.07, 6.45) is 11.7. The Hall–Kier alpha value is 0.210. The van der Waals surface area contributed by atoms with Gasteiger partial charge in [-0.15, -0.1) is 11.6 Å². The average molecular weight is 291 g/mol. The van der Waals surface area contributed by atoms with Crippen molar-refractivity contribution in [3.8, 4) is 0 Å². The van der Waals surface area contributed by atoms with E-state index in [1.807, 2.05) is 0 Å². The molecule has 0 spiro atoms. The van der Waals surface area contributed by atoms with E-state index < -0.39 is 0 Å². The second-order valence-electron chi connectivity index (χ2n) is 5.80. The van der Waals surface area contributed by atoms with Crippen LogP contribution >= 0.6 is 11.6 Å². The van der Waals surface area contributed by atoms with Gasteiger partial charge in [0.2, 0.25) is 0 Å². The maximum absolute atomic E-state index is 6.09. The highest BCUT2D eigenvalue weighted by Gasteiger charge is 2.35. The minimum Gasteiger partial charge on any atom is -0.350 e. The minimum atomic E-state index is -0.250. The lowest BCUT2D eigenvalue weighted by atomic mass is 10.0. The third kappa shape index (κ3) is 7.53. The third-order valence-corrected chi connectivity index (χ3v) is 4.06. The van der Waals surface area contributed by atoms with Gasteiger partial charge in [-0.3, -0.25) is 0 Å². The molecule has 0 saturated carbocycles. The van der Waals surface area contributed by atoms with Crippen LogP contribution in [0.2, 0.25) is 0 Å². The van der Waals surface area contributed by atoms with Crippen LogP contribution in [-0.4, -0.2) is 24.4 Å². The zero-order valence-electron chi connectivity index (χ0n) is 12.8. The van der Waals surface area contributed by atoms with Crippen molar-refractivity contribution in [2.75, 3.05) is 13.2 Å². The predicted octanol–water partition coefficient (Wildman–Crippen LogP) is 5.28. The third-order valence-electron chi connectivity index (χ3n) is 3.84. The molecule has 0 amide bonds. The van der Waals surface area contributed by atoms with E-state index in [4.69, 9.17) is 21.1 Å². The Labute approximate surface area is 124 Å². The summed E-state index contributed by atoms with van der Waals surface area (Å²) in [6, 6.07) is 0. The Morgan fingerprint density at radius 2 is 2.05 bits per heavy atom. The first-order chi connectivity index (χ1) is 9.18. The van der Waals surface area contributed by atoms with E-state index in [0.29, 0.717) is 0 Å². The fourth-order valence-corrected chi connectivity index (χ4v) is 2.82. The van der Waals surface area contributed by atoms with Gasteiger partial charge >= 0.3 is 0 Å². The number of ether oxygens (including phenoxy) is 2. The highest BCUT2D eigenvalue weighted by atomic mass is 35.5. The second-order valence-corrected chi connectivity index (χ2v) is 6.54. The molecule has 0 aromatic heterocycles. The topological polar surface area (TPSA) is 18.5 Å². The molecule has 2 unspecified atom stereocenters. The van der Waals surface area contributed by atoms with Crippen LogP contribution in [0, 0.1) is 0 Å². The lowest BCUT2D eigenvalue weighted by molar-refractivity contribution is -0.215. The summed E-state index contributed by atoms with van der Waals surface area (Å²) in [7, 11) is 0. The number of rotatable bonds is 11. The van der Waals surface area contributed by atoms with Gasteiger partial charge < -0.3 is 9.47 Å². The Balaban J connectivity index is 2.16. The smallest absolute Gasteiger partial charge is 0.168 e. The molecule has 2 nitrogen and oxygen atoms in total. The summed E-state index contributed by atoms with van der Waals surface area (Å²) in [6.45, 7) is 5.98. The zero-order chi connectivity index (χ0) is 14.0.